The SMILES string of the molecule is CNC(c1cc(C)cc(F)c1)c1ccc(Br)c(C)c1. The van der Waals surface area contributed by atoms with Crippen LogP contribution >= 0.6 is 15.9 Å². The van der Waals surface area contributed by atoms with Crippen LogP contribution in [0.4, 0.5) is 4.39 Å². The Balaban J connectivity index is 2.46. The molecule has 1 atom stereocenters. The van der Waals surface area contributed by atoms with E-state index >= 15 is 0 Å². The van der Waals surface area contributed by atoms with Gasteiger partial charge in [-0.15, -0.1) is 0 Å². The fraction of sp³-hybridized carbons (Fsp3) is 0.250. The van der Waals surface area contributed by atoms with Gasteiger partial charge < -0.3 is 5.32 Å². The molecule has 0 aliphatic heterocycles. The molecule has 0 saturated carbocycles. The molecular weight excluding hydrogens is 305 g/mol. The van der Waals surface area contributed by atoms with Crippen molar-refractivity contribution in [1.82, 2.24) is 5.32 Å². The summed E-state index contributed by atoms with van der Waals surface area (Å²) in [6.07, 6.45) is 0. The molecule has 0 radical (unpaired) electrons. The van der Waals surface area contributed by atoms with Gasteiger partial charge in [-0.25, -0.2) is 4.39 Å². The molecule has 0 heterocycles. The van der Waals surface area contributed by atoms with Gasteiger partial charge in [-0.3, -0.25) is 0 Å². The zero-order valence-corrected chi connectivity index (χ0v) is 12.9. The van der Waals surface area contributed by atoms with E-state index in [9.17, 15) is 4.39 Å². The van der Waals surface area contributed by atoms with Crippen molar-refractivity contribution in [3.63, 3.8) is 0 Å². The van der Waals surface area contributed by atoms with E-state index in [4.69, 9.17) is 0 Å². The molecule has 1 N–H and O–H groups in total. The van der Waals surface area contributed by atoms with E-state index in [1.807, 2.05) is 26.1 Å². The Labute approximate surface area is 122 Å². The van der Waals surface area contributed by atoms with Gasteiger partial charge in [0.15, 0.2) is 0 Å². The number of hydrogen-bond acceptors (Lipinski definition) is 1. The van der Waals surface area contributed by atoms with Crippen LogP contribution in [0, 0.1) is 19.7 Å². The quantitative estimate of drug-likeness (QED) is 0.876. The lowest BCUT2D eigenvalue weighted by molar-refractivity contribution is 0.615. The smallest absolute Gasteiger partial charge is 0.123 e. The van der Waals surface area contributed by atoms with Crippen LogP contribution < -0.4 is 5.32 Å². The van der Waals surface area contributed by atoms with Gasteiger partial charge in [0.25, 0.3) is 0 Å². The molecule has 19 heavy (non-hydrogen) atoms. The van der Waals surface area contributed by atoms with E-state index in [0.29, 0.717) is 0 Å². The van der Waals surface area contributed by atoms with E-state index in [2.05, 4.69) is 40.3 Å². The number of halogens is 2. The Hall–Kier alpha value is -1.19. The number of rotatable bonds is 3. The molecule has 0 aliphatic carbocycles. The maximum atomic E-state index is 13.5. The molecule has 0 bridgehead atoms. The molecular formula is C16H17BrFN. The van der Waals surface area contributed by atoms with Crippen LogP contribution in [0.15, 0.2) is 40.9 Å². The zero-order valence-electron chi connectivity index (χ0n) is 11.3. The lowest BCUT2D eigenvalue weighted by atomic mass is 9.96. The fourth-order valence-corrected chi connectivity index (χ4v) is 2.55. The van der Waals surface area contributed by atoms with Crippen LogP contribution in [-0.2, 0) is 0 Å². The topological polar surface area (TPSA) is 12.0 Å². The van der Waals surface area contributed by atoms with Crippen molar-refractivity contribution in [3.8, 4) is 0 Å². The van der Waals surface area contributed by atoms with Gasteiger partial charge >= 0.3 is 0 Å². The molecule has 2 aromatic rings. The Morgan fingerprint density at radius 1 is 1.05 bits per heavy atom. The number of benzene rings is 2. The van der Waals surface area contributed by atoms with Crippen LogP contribution in [0.3, 0.4) is 0 Å². The summed E-state index contributed by atoms with van der Waals surface area (Å²) in [7, 11) is 1.89. The standard InChI is InChI=1S/C16H17BrFN/c1-10-6-13(9-14(18)7-10)16(19-3)12-4-5-15(17)11(2)8-12/h4-9,16,19H,1-3H3. The third kappa shape index (κ3) is 3.23. The second-order valence-electron chi connectivity index (χ2n) is 4.79. The Kier molecular flexibility index (Phi) is 4.38. The predicted octanol–water partition coefficient (Wildman–Crippen LogP) is 4.51. The highest BCUT2D eigenvalue weighted by Gasteiger charge is 2.14. The first kappa shape index (κ1) is 14.2. The summed E-state index contributed by atoms with van der Waals surface area (Å²) in [5.74, 6) is -0.191. The molecule has 0 aliphatic rings. The normalized spacial score (nSPS) is 12.5. The van der Waals surface area contributed by atoms with Crippen molar-refractivity contribution in [2.75, 3.05) is 7.05 Å². The summed E-state index contributed by atoms with van der Waals surface area (Å²) < 4.78 is 14.6. The molecule has 0 spiro atoms. The van der Waals surface area contributed by atoms with Crippen LogP contribution in [0.2, 0.25) is 0 Å². The first-order valence-electron chi connectivity index (χ1n) is 6.21. The first-order chi connectivity index (χ1) is 9.01. The average Bonchev–Trinajstić information content (AvgIpc) is 2.33. The van der Waals surface area contributed by atoms with Gasteiger partial charge in [0.2, 0.25) is 0 Å². The molecule has 2 aromatic carbocycles. The molecule has 2 rings (SSSR count). The summed E-state index contributed by atoms with van der Waals surface area (Å²) in [4.78, 5) is 0. The summed E-state index contributed by atoms with van der Waals surface area (Å²) >= 11 is 3.50. The summed E-state index contributed by atoms with van der Waals surface area (Å²) in [5.41, 5.74) is 4.19. The van der Waals surface area contributed by atoms with Crippen LogP contribution in [-0.4, -0.2) is 7.05 Å². The van der Waals surface area contributed by atoms with Crippen molar-refractivity contribution < 1.29 is 4.39 Å². The molecule has 1 nitrogen and oxygen atoms in total. The van der Waals surface area contributed by atoms with E-state index in [1.165, 1.54) is 5.56 Å². The fourth-order valence-electron chi connectivity index (χ4n) is 2.30. The van der Waals surface area contributed by atoms with E-state index in [1.54, 1.807) is 12.1 Å². The average molecular weight is 322 g/mol. The number of nitrogens with one attached hydrogen (secondary N) is 1. The van der Waals surface area contributed by atoms with Gasteiger partial charge in [-0.2, -0.15) is 0 Å². The van der Waals surface area contributed by atoms with E-state index in [0.717, 1.165) is 21.2 Å². The molecule has 0 amide bonds. The highest BCUT2D eigenvalue weighted by molar-refractivity contribution is 9.10. The third-order valence-electron chi connectivity index (χ3n) is 3.20. The van der Waals surface area contributed by atoms with E-state index in [-0.39, 0.29) is 11.9 Å². The summed E-state index contributed by atoms with van der Waals surface area (Å²) in [6, 6.07) is 11.3. The monoisotopic (exact) mass is 321 g/mol. The van der Waals surface area contributed by atoms with Crippen LogP contribution in [0.25, 0.3) is 0 Å². The number of aryl methyl sites for hydroxylation is 2. The van der Waals surface area contributed by atoms with Gasteiger partial charge in [0.1, 0.15) is 5.82 Å². The third-order valence-corrected chi connectivity index (χ3v) is 4.09. The lowest BCUT2D eigenvalue weighted by Crippen LogP contribution is -2.18. The minimum Gasteiger partial charge on any atom is -0.309 e. The Morgan fingerprint density at radius 3 is 2.37 bits per heavy atom. The highest BCUT2D eigenvalue weighted by atomic mass is 79.9. The maximum Gasteiger partial charge on any atom is 0.123 e. The van der Waals surface area contributed by atoms with Gasteiger partial charge in [-0.05, 0) is 61.3 Å². The largest absolute Gasteiger partial charge is 0.309 e. The van der Waals surface area contributed by atoms with Crippen molar-refractivity contribution in [3.05, 3.63) is 68.9 Å². The Morgan fingerprint density at radius 2 is 1.79 bits per heavy atom. The van der Waals surface area contributed by atoms with Crippen molar-refractivity contribution in [2.45, 2.75) is 19.9 Å². The van der Waals surface area contributed by atoms with Gasteiger partial charge in [-0.1, -0.05) is 34.1 Å². The summed E-state index contributed by atoms with van der Waals surface area (Å²) in [5, 5.41) is 3.25. The van der Waals surface area contributed by atoms with E-state index < -0.39 is 0 Å². The van der Waals surface area contributed by atoms with Crippen molar-refractivity contribution in [2.24, 2.45) is 0 Å². The number of hydrogen-bond donors (Lipinski definition) is 1. The van der Waals surface area contributed by atoms with Crippen molar-refractivity contribution >= 4 is 15.9 Å². The van der Waals surface area contributed by atoms with Crippen LogP contribution in [0.1, 0.15) is 28.3 Å². The molecule has 0 fully saturated rings. The second-order valence-corrected chi connectivity index (χ2v) is 5.65. The predicted molar refractivity (Wildman–Crippen MR) is 80.9 cm³/mol. The lowest BCUT2D eigenvalue weighted by Gasteiger charge is -2.19. The molecule has 0 aromatic heterocycles. The minimum atomic E-state index is -0.191. The van der Waals surface area contributed by atoms with Gasteiger partial charge in [0, 0.05) is 4.47 Å². The highest BCUT2D eigenvalue weighted by Crippen LogP contribution is 2.26. The maximum absolute atomic E-state index is 13.5. The summed E-state index contributed by atoms with van der Waals surface area (Å²) in [6.45, 7) is 3.96. The van der Waals surface area contributed by atoms with Crippen LogP contribution in [0.5, 0.6) is 0 Å². The zero-order chi connectivity index (χ0) is 14.0. The first-order valence-corrected chi connectivity index (χ1v) is 7.01. The molecule has 0 saturated heterocycles. The molecule has 100 valence electrons. The minimum absolute atomic E-state index is 0.00111. The van der Waals surface area contributed by atoms with Crippen molar-refractivity contribution in [1.29, 1.82) is 0 Å². The van der Waals surface area contributed by atoms with Gasteiger partial charge in [0.05, 0.1) is 6.04 Å². The molecule has 1 unspecified atom stereocenters. The second kappa shape index (κ2) is 5.85. The molecule has 3 heteroatoms. The Bertz CT molecular complexity index is 575.